The second-order valence-corrected chi connectivity index (χ2v) is 5.44. The normalized spacial score (nSPS) is 10.6. The predicted molar refractivity (Wildman–Crippen MR) is 77.4 cm³/mol. The summed E-state index contributed by atoms with van der Waals surface area (Å²) in [6, 6.07) is 5.31. The maximum atomic E-state index is 12.0. The first-order valence-electron chi connectivity index (χ1n) is 6.17. The summed E-state index contributed by atoms with van der Waals surface area (Å²) in [4.78, 5) is 13.6. The van der Waals surface area contributed by atoms with Crippen LogP contribution in [0.4, 0.5) is 5.69 Å². The smallest absolute Gasteiger partial charge is 0.255 e. The summed E-state index contributed by atoms with van der Waals surface area (Å²) in [6.07, 6.45) is 1.06. The first kappa shape index (κ1) is 14.8. The van der Waals surface area contributed by atoms with Gasteiger partial charge in [-0.2, -0.15) is 0 Å². The van der Waals surface area contributed by atoms with Crippen LogP contribution in [-0.2, 0) is 0 Å². The molecular formula is C14H21ClN2O. The fourth-order valence-corrected chi connectivity index (χ4v) is 1.76. The summed E-state index contributed by atoms with van der Waals surface area (Å²) in [5.74, 6) is 0.614. The number of hydrogen-bond donors (Lipinski definition) is 1. The van der Waals surface area contributed by atoms with Gasteiger partial charge in [0.15, 0.2) is 0 Å². The third kappa shape index (κ3) is 4.22. The van der Waals surface area contributed by atoms with Gasteiger partial charge >= 0.3 is 0 Å². The highest BCUT2D eigenvalue weighted by atomic mass is 35.5. The molecular weight excluding hydrogens is 248 g/mol. The van der Waals surface area contributed by atoms with E-state index in [1.165, 1.54) is 0 Å². The van der Waals surface area contributed by atoms with E-state index in [9.17, 15) is 4.79 Å². The molecule has 1 N–H and O–H groups in total. The maximum Gasteiger partial charge on any atom is 0.255 e. The van der Waals surface area contributed by atoms with E-state index in [2.05, 4.69) is 19.2 Å². The van der Waals surface area contributed by atoms with Gasteiger partial charge in [-0.15, -0.1) is 0 Å². The van der Waals surface area contributed by atoms with Gasteiger partial charge in [0.25, 0.3) is 5.91 Å². The van der Waals surface area contributed by atoms with Crippen molar-refractivity contribution >= 4 is 23.2 Å². The molecule has 0 aliphatic rings. The lowest BCUT2D eigenvalue weighted by molar-refractivity contribution is 0.0828. The largest absolute Gasteiger partial charge is 0.384 e. The van der Waals surface area contributed by atoms with Gasteiger partial charge in [-0.3, -0.25) is 4.79 Å². The lowest BCUT2D eigenvalue weighted by Gasteiger charge is -2.16. The van der Waals surface area contributed by atoms with Crippen molar-refractivity contribution in [1.29, 1.82) is 0 Å². The van der Waals surface area contributed by atoms with Crippen LogP contribution in [0.2, 0.25) is 5.02 Å². The maximum absolute atomic E-state index is 12.0. The van der Waals surface area contributed by atoms with Gasteiger partial charge in [-0.1, -0.05) is 25.4 Å². The zero-order chi connectivity index (χ0) is 13.7. The second-order valence-electron chi connectivity index (χ2n) is 5.00. The molecule has 3 nitrogen and oxygen atoms in total. The van der Waals surface area contributed by atoms with Gasteiger partial charge in [0.05, 0.1) is 5.56 Å². The molecule has 0 aliphatic carbocycles. The van der Waals surface area contributed by atoms with Crippen LogP contribution in [0.1, 0.15) is 30.6 Å². The molecule has 0 heterocycles. The van der Waals surface area contributed by atoms with Crippen molar-refractivity contribution in [1.82, 2.24) is 4.90 Å². The molecule has 0 radical (unpaired) electrons. The molecule has 18 heavy (non-hydrogen) atoms. The topological polar surface area (TPSA) is 32.3 Å². The second kappa shape index (κ2) is 6.64. The van der Waals surface area contributed by atoms with E-state index in [0.717, 1.165) is 18.7 Å². The van der Waals surface area contributed by atoms with Crippen molar-refractivity contribution in [3.05, 3.63) is 28.8 Å². The van der Waals surface area contributed by atoms with Crippen LogP contribution in [-0.4, -0.2) is 31.4 Å². The van der Waals surface area contributed by atoms with Crippen molar-refractivity contribution in [2.24, 2.45) is 5.92 Å². The monoisotopic (exact) mass is 268 g/mol. The average molecular weight is 269 g/mol. The van der Waals surface area contributed by atoms with Gasteiger partial charge in [-0.05, 0) is 30.5 Å². The fraction of sp³-hybridized carbons (Fsp3) is 0.500. The molecule has 100 valence electrons. The molecule has 1 aromatic carbocycles. The molecule has 0 aliphatic heterocycles. The third-order valence-electron chi connectivity index (χ3n) is 2.66. The Balaban J connectivity index is 2.86. The quantitative estimate of drug-likeness (QED) is 0.886. The van der Waals surface area contributed by atoms with E-state index >= 15 is 0 Å². The number of anilines is 1. The molecule has 0 unspecified atom stereocenters. The van der Waals surface area contributed by atoms with Crippen molar-refractivity contribution in [3.8, 4) is 0 Å². The molecule has 1 aromatic rings. The molecule has 4 heteroatoms. The number of hydrogen-bond acceptors (Lipinski definition) is 2. The number of carbonyl (C=O) groups is 1. The van der Waals surface area contributed by atoms with Gasteiger partial charge in [0.1, 0.15) is 0 Å². The Morgan fingerprint density at radius 3 is 2.61 bits per heavy atom. The highest BCUT2D eigenvalue weighted by molar-refractivity contribution is 6.31. The third-order valence-corrected chi connectivity index (χ3v) is 2.89. The molecule has 0 fully saturated rings. The summed E-state index contributed by atoms with van der Waals surface area (Å²) in [5.41, 5.74) is 1.47. The lowest BCUT2D eigenvalue weighted by Crippen LogP contribution is -2.23. The number of nitrogens with zero attached hydrogens (tertiary/aromatic N) is 1. The Morgan fingerprint density at radius 1 is 1.39 bits per heavy atom. The summed E-state index contributed by atoms with van der Waals surface area (Å²) in [6.45, 7) is 5.18. The van der Waals surface area contributed by atoms with Crippen LogP contribution >= 0.6 is 11.6 Å². The van der Waals surface area contributed by atoms with E-state index in [1.54, 1.807) is 37.2 Å². The minimum absolute atomic E-state index is 0.0151. The number of carbonyl (C=O) groups excluding carboxylic acids is 1. The molecule has 0 spiro atoms. The summed E-state index contributed by atoms with van der Waals surface area (Å²) >= 11 is 5.98. The van der Waals surface area contributed by atoms with E-state index < -0.39 is 0 Å². The zero-order valence-electron chi connectivity index (χ0n) is 11.5. The Hall–Kier alpha value is -1.22. The number of amides is 1. The molecule has 1 rings (SSSR count). The van der Waals surface area contributed by atoms with Crippen molar-refractivity contribution in [3.63, 3.8) is 0 Å². The van der Waals surface area contributed by atoms with Gasteiger partial charge < -0.3 is 10.2 Å². The predicted octanol–water partition coefficient (Wildman–Crippen LogP) is 3.50. The fourth-order valence-electron chi connectivity index (χ4n) is 1.59. The van der Waals surface area contributed by atoms with Gasteiger partial charge in [-0.25, -0.2) is 0 Å². The number of nitrogens with one attached hydrogen (secondary N) is 1. The highest BCUT2D eigenvalue weighted by Crippen LogP contribution is 2.22. The van der Waals surface area contributed by atoms with E-state index in [0.29, 0.717) is 16.5 Å². The van der Waals surface area contributed by atoms with E-state index in [-0.39, 0.29) is 5.91 Å². The highest BCUT2D eigenvalue weighted by Gasteiger charge is 2.13. The number of benzene rings is 1. The summed E-state index contributed by atoms with van der Waals surface area (Å²) < 4.78 is 0. The van der Waals surface area contributed by atoms with Crippen LogP contribution in [0.5, 0.6) is 0 Å². The van der Waals surface area contributed by atoms with Crippen LogP contribution in [0.25, 0.3) is 0 Å². The first-order valence-corrected chi connectivity index (χ1v) is 6.54. The summed E-state index contributed by atoms with van der Waals surface area (Å²) in [7, 11) is 3.49. The van der Waals surface area contributed by atoms with Crippen LogP contribution in [0, 0.1) is 5.92 Å². The van der Waals surface area contributed by atoms with E-state index in [1.807, 2.05) is 0 Å². The van der Waals surface area contributed by atoms with Crippen LogP contribution < -0.4 is 5.32 Å². The van der Waals surface area contributed by atoms with Gasteiger partial charge in [0, 0.05) is 31.4 Å². The molecule has 0 atom stereocenters. The van der Waals surface area contributed by atoms with Crippen LogP contribution in [0.3, 0.4) is 0 Å². The summed E-state index contributed by atoms with van der Waals surface area (Å²) in [5, 5.41) is 3.93. The van der Waals surface area contributed by atoms with Crippen molar-refractivity contribution < 1.29 is 4.79 Å². The molecule has 0 saturated heterocycles. The van der Waals surface area contributed by atoms with Crippen LogP contribution in [0.15, 0.2) is 18.2 Å². The number of halogens is 1. The first-order chi connectivity index (χ1) is 8.41. The van der Waals surface area contributed by atoms with Crippen molar-refractivity contribution in [2.45, 2.75) is 20.3 Å². The molecule has 1 amide bonds. The molecule has 0 aromatic heterocycles. The minimum Gasteiger partial charge on any atom is -0.384 e. The van der Waals surface area contributed by atoms with Crippen molar-refractivity contribution in [2.75, 3.05) is 26.0 Å². The zero-order valence-corrected chi connectivity index (χ0v) is 12.2. The molecule has 0 bridgehead atoms. The van der Waals surface area contributed by atoms with E-state index in [4.69, 9.17) is 11.6 Å². The van der Waals surface area contributed by atoms with Gasteiger partial charge in [0.2, 0.25) is 0 Å². The standard InChI is InChI=1S/C14H21ClN2O/c1-10(2)7-8-16-13-9-11(15)5-6-12(13)14(18)17(3)4/h5-6,9-10,16H,7-8H2,1-4H3. The SMILES string of the molecule is CC(C)CCNc1cc(Cl)ccc1C(=O)N(C)C. The molecule has 0 saturated carbocycles. The Bertz CT molecular complexity index is 416. The average Bonchev–Trinajstić information content (AvgIpc) is 2.27. The Kier molecular flexibility index (Phi) is 5.48. The lowest BCUT2D eigenvalue weighted by atomic mass is 10.1. The number of rotatable bonds is 5. The Morgan fingerprint density at radius 2 is 2.06 bits per heavy atom. The Labute approximate surface area is 114 Å². The minimum atomic E-state index is -0.0151.